The lowest BCUT2D eigenvalue weighted by Crippen LogP contribution is -2.27. The van der Waals surface area contributed by atoms with Crippen LogP contribution in [0.4, 0.5) is 0 Å². The summed E-state index contributed by atoms with van der Waals surface area (Å²) in [5.41, 5.74) is 2.00. The molecule has 0 spiro atoms. The maximum absolute atomic E-state index is 12.6. The molecule has 0 saturated heterocycles. The molecule has 0 aliphatic carbocycles. The Morgan fingerprint density at radius 3 is 2.48 bits per heavy atom. The summed E-state index contributed by atoms with van der Waals surface area (Å²) in [6.07, 6.45) is 0. The summed E-state index contributed by atoms with van der Waals surface area (Å²) in [4.78, 5) is 0.0816. The molecule has 0 amide bonds. The van der Waals surface area contributed by atoms with Crippen molar-refractivity contribution < 1.29 is 17.4 Å². The Balaban J connectivity index is 1.97. The number of benzene rings is 1. The van der Waals surface area contributed by atoms with Gasteiger partial charge in [0.05, 0.1) is 6.04 Å². The minimum Gasteiger partial charge on any atom is -0.459 e. The summed E-state index contributed by atoms with van der Waals surface area (Å²) >= 11 is 0. The molecule has 0 bridgehead atoms. The molecular formula is C16H18N2O4S. The lowest BCUT2D eigenvalue weighted by Gasteiger charge is -2.12. The minimum atomic E-state index is -3.75. The van der Waals surface area contributed by atoms with Crippen LogP contribution in [0, 0.1) is 20.8 Å². The smallest absolute Gasteiger partial charge is 0.246 e. The average molecular weight is 334 g/mol. The van der Waals surface area contributed by atoms with Crippen LogP contribution in [-0.4, -0.2) is 13.6 Å². The van der Waals surface area contributed by atoms with Gasteiger partial charge in [-0.05, 0) is 33.8 Å². The summed E-state index contributed by atoms with van der Waals surface area (Å²) in [6.45, 7) is 6.84. The van der Waals surface area contributed by atoms with Crippen LogP contribution in [0.25, 0.3) is 11.0 Å². The van der Waals surface area contributed by atoms with Crippen molar-refractivity contribution in [3.63, 3.8) is 0 Å². The van der Waals surface area contributed by atoms with Crippen LogP contribution in [-0.2, 0) is 10.0 Å². The Bertz CT molecular complexity index is 950. The maximum Gasteiger partial charge on any atom is 0.246 e. The number of fused-ring (bicyclic) bond motifs is 1. The number of furan rings is 1. The Hall–Kier alpha value is -2.12. The first kappa shape index (κ1) is 15.8. The van der Waals surface area contributed by atoms with Gasteiger partial charge in [0.15, 0.2) is 5.76 Å². The molecule has 0 fully saturated rings. The number of aromatic nitrogens is 1. The molecule has 0 saturated carbocycles. The number of sulfonamides is 1. The Kier molecular flexibility index (Phi) is 3.77. The SMILES string of the molecule is Cc1noc(C)c1S(=O)(=O)NC(C)c1oc2ccccc2c1C. The molecule has 1 N–H and O–H groups in total. The lowest BCUT2D eigenvalue weighted by molar-refractivity contribution is 0.390. The van der Waals surface area contributed by atoms with Crippen molar-refractivity contribution in [1.29, 1.82) is 0 Å². The number of rotatable bonds is 4. The van der Waals surface area contributed by atoms with Crippen molar-refractivity contribution in [3.05, 3.63) is 47.0 Å². The first-order valence-electron chi connectivity index (χ1n) is 7.24. The highest BCUT2D eigenvalue weighted by molar-refractivity contribution is 7.89. The van der Waals surface area contributed by atoms with Crippen molar-refractivity contribution in [2.75, 3.05) is 0 Å². The van der Waals surface area contributed by atoms with E-state index < -0.39 is 16.1 Å². The molecular weight excluding hydrogens is 316 g/mol. The zero-order valence-corrected chi connectivity index (χ0v) is 14.2. The van der Waals surface area contributed by atoms with Crippen molar-refractivity contribution in [3.8, 4) is 0 Å². The summed E-state index contributed by atoms with van der Waals surface area (Å²) in [6, 6.07) is 7.11. The van der Waals surface area contributed by atoms with Crippen LogP contribution < -0.4 is 4.72 Å². The van der Waals surface area contributed by atoms with E-state index in [0.717, 1.165) is 16.5 Å². The second kappa shape index (κ2) is 5.50. The van der Waals surface area contributed by atoms with Gasteiger partial charge in [-0.1, -0.05) is 23.4 Å². The van der Waals surface area contributed by atoms with Gasteiger partial charge in [-0.2, -0.15) is 0 Å². The predicted molar refractivity (Wildman–Crippen MR) is 85.7 cm³/mol. The molecule has 2 aromatic heterocycles. The molecule has 6 nitrogen and oxygen atoms in total. The third-order valence-corrected chi connectivity index (χ3v) is 5.63. The van der Waals surface area contributed by atoms with Crippen LogP contribution in [0.1, 0.15) is 35.7 Å². The number of nitrogens with one attached hydrogen (secondary N) is 1. The molecule has 1 atom stereocenters. The van der Waals surface area contributed by atoms with Gasteiger partial charge in [-0.15, -0.1) is 0 Å². The first-order valence-corrected chi connectivity index (χ1v) is 8.73. The van der Waals surface area contributed by atoms with Crippen LogP contribution in [0.15, 0.2) is 38.1 Å². The Morgan fingerprint density at radius 1 is 1.17 bits per heavy atom. The number of hydrogen-bond donors (Lipinski definition) is 1. The molecule has 1 unspecified atom stereocenters. The minimum absolute atomic E-state index is 0.0816. The standard InChI is InChI=1S/C16H18N2O4S/c1-9-13-7-5-6-8-14(13)21-15(9)10(2)18-23(19,20)16-11(3)17-22-12(16)4/h5-8,10,18H,1-4H3. The van der Waals surface area contributed by atoms with Crippen LogP contribution in [0.3, 0.4) is 0 Å². The molecule has 0 aliphatic heterocycles. The fourth-order valence-corrected chi connectivity index (χ4v) is 4.34. The van der Waals surface area contributed by atoms with E-state index in [1.165, 1.54) is 0 Å². The summed E-state index contributed by atoms with van der Waals surface area (Å²) in [5.74, 6) is 0.866. The van der Waals surface area contributed by atoms with E-state index in [1.807, 2.05) is 31.2 Å². The average Bonchev–Trinajstić information content (AvgIpc) is 3.00. The molecule has 122 valence electrons. The van der Waals surface area contributed by atoms with Crippen LogP contribution in [0.2, 0.25) is 0 Å². The van der Waals surface area contributed by atoms with Gasteiger partial charge in [-0.25, -0.2) is 13.1 Å². The highest BCUT2D eigenvalue weighted by atomic mass is 32.2. The highest BCUT2D eigenvalue weighted by Crippen LogP contribution is 2.30. The van der Waals surface area contributed by atoms with Crippen molar-refractivity contribution in [1.82, 2.24) is 9.88 Å². The van der Waals surface area contributed by atoms with E-state index in [4.69, 9.17) is 8.94 Å². The van der Waals surface area contributed by atoms with Crippen LogP contribution >= 0.6 is 0 Å². The van der Waals surface area contributed by atoms with Gasteiger partial charge >= 0.3 is 0 Å². The Morgan fingerprint density at radius 2 is 1.87 bits per heavy atom. The zero-order valence-electron chi connectivity index (χ0n) is 13.4. The molecule has 2 heterocycles. The molecule has 3 rings (SSSR count). The molecule has 3 aromatic rings. The summed E-state index contributed by atoms with van der Waals surface area (Å²) < 4.78 is 38.6. The fourth-order valence-electron chi connectivity index (χ4n) is 2.81. The van der Waals surface area contributed by atoms with E-state index in [0.29, 0.717) is 11.5 Å². The zero-order chi connectivity index (χ0) is 16.8. The largest absolute Gasteiger partial charge is 0.459 e. The number of nitrogens with zero attached hydrogens (tertiary/aromatic N) is 1. The third kappa shape index (κ3) is 2.66. The van der Waals surface area contributed by atoms with E-state index >= 15 is 0 Å². The number of hydrogen-bond acceptors (Lipinski definition) is 5. The second-order valence-electron chi connectivity index (χ2n) is 5.58. The van der Waals surface area contributed by atoms with Gasteiger partial charge in [0, 0.05) is 10.9 Å². The second-order valence-corrected chi connectivity index (χ2v) is 7.23. The van der Waals surface area contributed by atoms with E-state index in [-0.39, 0.29) is 10.7 Å². The molecule has 1 aromatic carbocycles. The van der Waals surface area contributed by atoms with Gasteiger partial charge in [0.1, 0.15) is 21.9 Å². The van der Waals surface area contributed by atoms with Gasteiger partial charge < -0.3 is 8.94 Å². The topological polar surface area (TPSA) is 85.3 Å². The quantitative estimate of drug-likeness (QED) is 0.790. The number of para-hydroxylation sites is 1. The summed E-state index contributed by atoms with van der Waals surface area (Å²) in [7, 11) is -3.75. The predicted octanol–water partition coefficient (Wildman–Crippen LogP) is 3.39. The third-order valence-electron chi connectivity index (χ3n) is 3.84. The molecule has 0 aliphatic rings. The van der Waals surface area contributed by atoms with E-state index in [2.05, 4.69) is 9.88 Å². The summed E-state index contributed by atoms with van der Waals surface area (Å²) in [5, 5.41) is 4.67. The fraction of sp³-hybridized carbons (Fsp3) is 0.312. The molecule has 0 radical (unpaired) electrons. The normalized spacial score (nSPS) is 13.6. The van der Waals surface area contributed by atoms with Crippen LogP contribution in [0.5, 0.6) is 0 Å². The molecule has 7 heteroatoms. The van der Waals surface area contributed by atoms with Gasteiger partial charge in [0.25, 0.3) is 0 Å². The van der Waals surface area contributed by atoms with E-state index in [1.54, 1.807) is 20.8 Å². The lowest BCUT2D eigenvalue weighted by atomic mass is 10.1. The van der Waals surface area contributed by atoms with E-state index in [9.17, 15) is 8.42 Å². The van der Waals surface area contributed by atoms with Crippen molar-refractivity contribution in [2.24, 2.45) is 0 Å². The van der Waals surface area contributed by atoms with Gasteiger partial charge in [0.2, 0.25) is 10.0 Å². The Labute approximate surface area is 134 Å². The monoisotopic (exact) mass is 334 g/mol. The first-order chi connectivity index (χ1) is 10.8. The number of aryl methyl sites for hydroxylation is 3. The van der Waals surface area contributed by atoms with Gasteiger partial charge in [-0.3, -0.25) is 0 Å². The highest BCUT2D eigenvalue weighted by Gasteiger charge is 2.28. The molecule has 23 heavy (non-hydrogen) atoms. The van der Waals surface area contributed by atoms with Crippen molar-refractivity contribution in [2.45, 2.75) is 38.6 Å². The van der Waals surface area contributed by atoms with Crippen molar-refractivity contribution >= 4 is 21.0 Å². The maximum atomic E-state index is 12.6.